The van der Waals surface area contributed by atoms with E-state index in [4.69, 9.17) is 4.98 Å². The molecule has 0 spiro atoms. The van der Waals surface area contributed by atoms with Gasteiger partial charge in [0.05, 0.1) is 5.52 Å². The lowest BCUT2D eigenvalue weighted by Gasteiger charge is -2.34. The Kier molecular flexibility index (Phi) is 6.21. The standard InChI is InChI=1S/C41H29NSi/c1-4-15-34(16-5-1)43(35-17-6-2-7-18-35,36-19-8-3-9-20-36)37-21-12-14-31(27-37)32-25-26-39-40(28-32)42-29-33-24-23-30-13-10-11-22-38(30)41(33)39/h1-29H. The van der Waals surface area contributed by atoms with Gasteiger partial charge in [-0.15, -0.1) is 0 Å². The van der Waals surface area contributed by atoms with E-state index in [-0.39, 0.29) is 0 Å². The van der Waals surface area contributed by atoms with E-state index in [0.717, 1.165) is 5.52 Å². The number of pyridine rings is 1. The zero-order chi connectivity index (χ0) is 28.6. The minimum absolute atomic E-state index is 1.02. The smallest absolute Gasteiger partial charge is 0.179 e. The Morgan fingerprint density at radius 3 is 1.60 bits per heavy atom. The van der Waals surface area contributed by atoms with E-state index in [9.17, 15) is 0 Å². The van der Waals surface area contributed by atoms with E-state index in [1.165, 1.54) is 58.8 Å². The van der Waals surface area contributed by atoms with Gasteiger partial charge in [-0.2, -0.15) is 0 Å². The molecule has 0 fully saturated rings. The Bertz CT molecular complexity index is 2130. The Morgan fingerprint density at radius 1 is 0.372 bits per heavy atom. The second-order valence-electron chi connectivity index (χ2n) is 11.2. The van der Waals surface area contributed by atoms with Crippen molar-refractivity contribution in [1.29, 1.82) is 0 Å². The lowest BCUT2D eigenvalue weighted by molar-refractivity contribution is 1.45. The molecule has 1 heterocycles. The molecule has 0 atom stereocenters. The highest BCUT2D eigenvalue weighted by Crippen LogP contribution is 2.33. The fourth-order valence-corrected chi connectivity index (χ4v) is 11.7. The minimum Gasteiger partial charge on any atom is -0.256 e. The first-order chi connectivity index (χ1) is 21.3. The van der Waals surface area contributed by atoms with Gasteiger partial charge < -0.3 is 0 Å². The molecular formula is C41H29NSi. The van der Waals surface area contributed by atoms with Gasteiger partial charge in [-0.3, -0.25) is 4.98 Å². The molecule has 8 rings (SSSR count). The monoisotopic (exact) mass is 563 g/mol. The third-order valence-corrected chi connectivity index (χ3v) is 13.6. The van der Waals surface area contributed by atoms with E-state index in [0.29, 0.717) is 0 Å². The van der Waals surface area contributed by atoms with Gasteiger partial charge >= 0.3 is 0 Å². The summed E-state index contributed by atoms with van der Waals surface area (Å²) in [6.07, 6.45) is 2.02. The van der Waals surface area contributed by atoms with Gasteiger partial charge in [0.2, 0.25) is 0 Å². The van der Waals surface area contributed by atoms with Crippen LogP contribution >= 0.6 is 0 Å². The molecule has 0 aliphatic heterocycles. The van der Waals surface area contributed by atoms with Crippen LogP contribution in [0, 0.1) is 0 Å². The molecule has 43 heavy (non-hydrogen) atoms. The summed E-state index contributed by atoms with van der Waals surface area (Å²) < 4.78 is 0. The highest BCUT2D eigenvalue weighted by Gasteiger charge is 2.41. The van der Waals surface area contributed by atoms with Crippen molar-refractivity contribution < 1.29 is 0 Å². The van der Waals surface area contributed by atoms with Crippen LogP contribution in [0.5, 0.6) is 0 Å². The molecule has 0 aliphatic carbocycles. The lowest BCUT2D eigenvalue weighted by Crippen LogP contribution is -2.74. The molecule has 0 bridgehead atoms. The number of rotatable bonds is 5. The molecule has 7 aromatic carbocycles. The zero-order valence-corrected chi connectivity index (χ0v) is 24.7. The zero-order valence-electron chi connectivity index (χ0n) is 23.7. The third-order valence-electron chi connectivity index (χ3n) is 8.82. The van der Waals surface area contributed by atoms with E-state index < -0.39 is 8.07 Å². The molecule has 8 aromatic rings. The second-order valence-corrected chi connectivity index (χ2v) is 15.0. The molecule has 1 nitrogen and oxygen atoms in total. The molecule has 202 valence electrons. The molecule has 0 N–H and O–H groups in total. The van der Waals surface area contributed by atoms with Gasteiger partial charge in [-0.25, -0.2) is 0 Å². The van der Waals surface area contributed by atoms with Crippen LogP contribution in [0.1, 0.15) is 0 Å². The van der Waals surface area contributed by atoms with E-state index in [2.05, 4.69) is 170 Å². The molecule has 2 heteroatoms. The Morgan fingerprint density at radius 2 is 0.930 bits per heavy atom. The number of aromatic nitrogens is 1. The van der Waals surface area contributed by atoms with Gasteiger partial charge in [-0.1, -0.05) is 164 Å². The van der Waals surface area contributed by atoms with Gasteiger partial charge in [0, 0.05) is 22.4 Å². The maximum Gasteiger partial charge on any atom is 0.179 e. The summed E-state index contributed by atoms with van der Waals surface area (Å²) in [5.74, 6) is 0. The third kappa shape index (κ3) is 4.19. The van der Waals surface area contributed by atoms with Crippen molar-refractivity contribution in [3.63, 3.8) is 0 Å². The minimum atomic E-state index is -2.60. The molecule has 0 aliphatic rings. The Labute approximate surface area is 252 Å². The van der Waals surface area contributed by atoms with Crippen LogP contribution in [-0.2, 0) is 0 Å². The van der Waals surface area contributed by atoms with Gasteiger partial charge in [0.15, 0.2) is 8.07 Å². The van der Waals surface area contributed by atoms with Crippen molar-refractivity contribution in [3.05, 3.63) is 176 Å². The predicted octanol–water partition coefficient (Wildman–Crippen LogP) is 7.59. The summed E-state index contributed by atoms with van der Waals surface area (Å²) in [6.45, 7) is 0. The summed E-state index contributed by atoms with van der Waals surface area (Å²) in [6, 6.07) is 62.3. The van der Waals surface area contributed by atoms with Crippen molar-refractivity contribution in [1.82, 2.24) is 4.98 Å². The average Bonchev–Trinajstić information content (AvgIpc) is 3.10. The Hall–Kier alpha value is -5.31. The summed E-state index contributed by atoms with van der Waals surface area (Å²) in [4.78, 5) is 4.92. The summed E-state index contributed by atoms with van der Waals surface area (Å²) >= 11 is 0. The lowest BCUT2D eigenvalue weighted by atomic mass is 9.97. The molecule has 0 saturated carbocycles. The SMILES string of the molecule is c1ccc([Si](c2ccccc2)(c2ccccc2)c2cccc(-c3ccc4c(c3)ncc3ccc5ccccc5c34)c2)cc1. The highest BCUT2D eigenvalue weighted by atomic mass is 28.3. The molecular weight excluding hydrogens is 535 g/mol. The van der Waals surface area contributed by atoms with Crippen LogP contribution in [0.15, 0.2) is 176 Å². The quantitative estimate of drug-likeness (QED) is 0.119. The Balaban J connectivity index is 1.35. The van der Waals surface area contributed by atoms with Crippen LogP contribution in [-0.4, -0.2) is 13.1 Å². The molecule has 0 unspecified atom stereocenters. The van der Waals surface area contributed by atoms with E-state index >= 15 is 0 Å². The predicted molar refractivity (Wildman–Crippen MR) is 186 cm³/mol. The normalized spacial score (nSPS) is 11.7. The molecule has 0 amide bonds. The van der Waals surface area contributed by atoms with Crippen LogP contribution in [0.3, 0.4) is 0 Å². The first kappa shape index (κ1) is 25.4. The van der Waals surface area contributed by atoms with Gasteiger partial charge in [0.25, 0.3) is 0 Å². The van der Waals surface area contributed by atoms with Crippen molar-refractivity contribution in [2.24, 2.45) is 0 Å². The van der Waals surface area contributed by atoms with Crippen molar-refractivity contribution in [3.8, 4) is 11.1 Å². The summed E-state index contributed by atoms with van der Waals surface area (Å²) in [5, 5.41) is 11.7. The van der Waals surface area contributed by atoms with Gasteiger partial charge in [-0.05, 0) is 48.7 Å². The number of fused-ring (bicyclic) bond motifs is 5. The van der Waals surface area contributed by atoms with Crippen LogP contribution in [0.25, 0.3) is 43.6 Å². The topological polar surface area (TPSA) is 12.9 Å². The second kappa shape index (κ2) is 10.5. The van der Waals surface area contributed by atoms with Crippen molar-refractivity contribution in [2.75, 3.05) is 0 Å². The van der Waals surface area contributed by atoms with Crippen LogP contribution in [0.2, 0.25) is 0 Å². The fraction of sp³-hybridized carbons (Fsp3) is 0. The number of hydrogen-bond donors (Lipinski definition) is 0. The number of benzene rings is 7. The van der Waals surface area contributed by atoms with E-state index in [1.54, 1.807) is 0 Å². The van der Waals surface area contributed by atoms with Crippen molar-refractivity contribution in [2.45, 2.75) is 0 Å². The van der Waals surface area contributed by atoms with E-state index in [1.807, 2.05) is 6.20 Å². The molecule has 0 radical (unpaired) electrons. The average molecular weight is 564 g/mol. The highest BCUT2D eigenvalue weighted by molar-refractivity contribution is 7.19. The maximum atomic E-state index is 4.92. The largest absolute Gasteiger partial charge is 0.256 e. The number of hydrogen-bond acceptors (Lipinski definition) is 1. The summed E-state index contributed by atoms with van der Waals surface area (Å²) in [5.41, 5.74) is 3.40. The number of nitrogens with zero attached hydrogens (tertiary/aromatic N) is 1. The first-order valence-electron chi connectivity index (χ1n) is 14.8. The first-order valence-corrected chi connectivity index (χ1v) is 16.8. The summed E-state index contributed by atoms with van der Waals surface area (Å²) in [7, 11) is -2.60. The molecule has 1 aromatic heterocycles. The maximum absolute atomic E-state index is 4.92. The van der Waals surface area contributed by atoms with Gasteiger partial charge in [0.1, 0.15) is 0 Å². The fourth-order valence-electron chi connectivity index (χ4n) is 6.86. The molecule has 0 saturated heterocycles. The van der Waals surface area contributed by atoms with Crippen molar-refractivity contribution >= 4 is 61.3 Å². The van der Waals surface area contributed by atoms with Crippen LogP contribution < -0.4 is 20.7 Å². The van der Waals surface area contributed by atoms with Crippen LogP contribution in [0.4, 0.5) is 0 Å².